The van der Waals surface area contributed by atoms with Crippen molar-refractivity contribution < 1.29 is 9.90 Å². The molecule has 3 heterocycles. The van der Waals surface area contributed by atoms with Gasteiger partial charge >= 0.3 is 0 Å². The minimum absolute atomic E-state index is 0.194. The van der Waals surface area contributed by atoms with Gasteiger partial charge in [-0.3, -0.25) is 14.6 Å². The monoisotopic (exact) mass is 323 g/mol. The Morgan fingerprint density at radius 3 is 2.55 bits per heavy atom. The third-order valence-electron chi connectivity index (χ3n) is 4.50. The molecule has 1 atom stereocenters. The molecule has 0 spiro atoms. The molecule has 0 saturated carbocycles. The van der Waals surface area contributed by atoms with Crippen molar-refractivity contribution in [1.29, 1.82) is 0 Å². The van der Waals surface area contributed by atoms with Crippen molar-refractivity contribution in [2.75, 3.05) is 45.8 Å². The van der Waals surface area contributed by atoms with E-state index in [1.54, 1.807) is 4.90 Å². The Morgan fingerprint density at radius 2 is 1.91 bits per heavy atom. The molecular formula is C16H25N3O2S. The first-order valence-corrected chi connectivity index (χ1v) is 9.01. The summed E-state index contributed by atoms with van der Waals surface area (Å²) in [6.07, 6.45) is 1.16. The zero-order chi connectivity index (χ0) is 15.4. The molecular weight excluding hydrogens is 298 g/mol. The van der Waals surface area contributed by atoms with Gasteiger partial charge in [-0.05, 0) is 17.9 Å². The maximum atomic E-state index is 11.6. The van der Waals surface area contributed by atoms with Crippen LogP contribution in [0.5, 0.6) is 0 Å². The van der Waals surface area contributed by atoms with Crippen LogP contribution in [0, 0.1) is 0 Å². The van der Waals surface area contributed by atoms with E-state index >= 15 is 0 Å². The molecule has 2 fully saturated rings. The molecule has 0 radical (unpaired) electrons. The topological polar surface area (TPSA) is 47.0 Å². The average molecular weight is 323 g/mol. The van der Waals surface area contributed by atoms with Crippen molar-refractivity contribution in [3.05, 3.63) is 22.4 Å². The maximum absolute atomic E-state index is 11.6. The number of aliphatic hydroxyl groups excluding tert-OH is 1. The molecule has 1 amide bonds. The van der Waals surface area contributed by atoms with Crippen LogP contribution in [0.4, 0.5) is 0 Å². The van der Waals surface area contributed by atoms with Gasteiger partial charge in [0.2, 0.25) is 5.91 Å². The van der Waals surface area contributed by atoms with E-state index in [1.807, 2.05) is 11.3 Å². The quantitative estimate of drug-likeness (QED) is 0.843. The number of piperazine rings is 1. The fourth-order valence-corrected chi connectivity index (χ4v) is 4.01. The number of hydrogen-bond donors (Lipinski definition) is 1. The largest absolute Gasteiger partial charge is 0.390 e. The number of hydrogen-bond acceptors (Lipinski definition) is 5. The summed E-state index contributed by atoms with van der Waals surface area (Å²) in [5.41, 5.74) is 0. The molecule has 1 aromatic heterocycles. The molecule has 2 aliphatic heterocycles. The Bertz CT molecular complexity index is 472. The molecule has 2 aliphatic rings. The van der Waals surface area contributed by atoms with Crippen LogP contribution < -0.4 is 0 Å². The van der Waals surface area contributed by atoms with E-state index < -0.39 is 6.10 Å². The van der Waals surface area contributed by atoms with Crippen LogP contribution in [0.3, 0.4) is 0 Å². The Kier molecular flexibility index (Phi) is 5.46. The summed E-state index contributed by atoms with van der Waals surface area (Å²) in [4.78, 5) is 19.6. The second-order valence-corrected chi connectivity index (χ2v) is 7.29. The van der Waals surface area contributed by atoms with Crippen LogP contribution in [0.15, 0.2) is 17.5 Å². The summed E-state index contributed by atoms with van der Waals surface area (Å²) in [6.45, 7) is 7.11. The fraction of sp³-hybridized carbons (Fsp3) is 0.688. The maximum Gasteiger partial charge on any atom is 0.222 e. The SMILES string of the molecule is O=C1CCCN1CC(O)CN1CCN(Cc2cccs2)CC1. The summed E-state index contributed by atoms with van der Waals surface area (Å²) in [5.74, 6) is 0.194. The van der Waals surface area contributed by atoms with Crippen molar-refractivity contribution in [2.24, 2.45) is 0 Å². The third-order valence-corrected chi connectivity index (χ3v) is 5.36. The lowest BCUT2D eigenvalue weighted by atomic mass is 10.2. The Labute approximate surface area is 136 Å². The summed E-state index contributed by atoms with van der Waals surface area (Å²) < 4.78 is 0. The first-order valence-electron chi connectivity index (χ1n) is 8.13. The van der Waals surface area contributed by atoms with Crippen molar-refractivity contribution in [3.8, 4) is 0 Å². The van der Waals surface area contributed by atoms with Crippen LogP contribution >= 0.6 is 11.3 Å². The molecule has 22 heavy (non-hydrogen) atoms. The van der Waals surface area contributed by atoms with Crippen LogP contribution in [0.1, 0.15) is 17.7 Å². The lowest BCUT2D eigenvalue weighted by Gasteiger charge is -2.35. The number of amides is 1. The number of likely N-dealkylation sites (tertiary alicyclic amines) is 1. The van der Waals surface area contributed by atoms with E-state index in [4.69, 9.17) is 0 Å². The van der Waals surface area contributed by atoms with Crippen molar-refractivity contribution in [3.63, 3.8) is 0 Å². The predicted molar refractivity (Wildman–Crippen MR) is 87.9 cm³/mol. The van der Waals surface area contributed by atoms with Crippen LogP contribution in [0.2, 0.25) is 0 Å². The highest BCUT2D eigenvalue weighted by Crippen LogP contribution is 2.14. The Balaban J connectivity index is 1.37. The molecule has 1 aromatic rings. The number of β-amino-alcohol motifs (C(OH)–C–C–N with tert-alkyl or cyclic N) is 1. The van der Waals surface area contributed by atoms with Gasteiger partial charge in [0, 0.05) is 63.7 Å². The van der Waals surface area contributed by atoms with E-state index in [0.717, 1.165) is 45.7 Å². The normalized spacial score (nSPS) is 22.4. The van der Waals surface area contributed by atoms with Gasteiger partial charge in [0.15, 0.2) is 0 Å². The van der Waals surface area contributed by atoms with E-state index in [9.17, 15) is 9.90 Å². The second-order valence-electron chi connectivity index (χ2n) is 6.25. The average Bonchev–Trinajstić information content (AvgIpc) is 3.14. The van der Waals surface area contributed by atoms with E-state index in [1.165, 1.54) is 4.88 Å². The summed E-state index contributed by atoms with van der Waals surface area (Å²) in [6, 6.07) is 4.29. The molecule has 6 heteroatoms. The zero-order valence-electron chi connectivity index (χ0n) is 13.0. The highest BCUT2D eigenvalue weighted by Gasteiger charge is 2.25. The molecule has 2 saturated heterocycles. The molecule has 3 rings (SSSR count). The van der Waals surface area contributed by atoms with Gasteiger partial charge in [-0.25, -0.2) is 0 Å². The molecule has 122 valence electrons. The second kappa shape index (κ2) is 7.55. The first kappa shape index (κ1) is 15.9. The third kappa shape index (κ3) is 4.29. The van der Waals surface area contributed by atoms with Crippen LogP contribution in [-0.2, 0) is 11.3 Å². The number of rotatable bonds is 6. The van der Waals surface area contributed by atoms with Gasteiger partial charge in [0.1, 0.15) is 0 Å². The fourth-order valence-electron chi connectivity index (χ4n) is 3.26. The van der Waals surface area contributed by atoms with Gasteiger partial charge in [-0.1, -0.05) is 6.07 Å². The summed E-state index contributed by atoms with van der Waals surface area (Å²) in [5, 5.41) is 12.3. The number of carbonyl (C=O) groups is 1. The predicted octanol–water partition coefficient (Wildman–Crippen LogP) is 0.849. The number of aliphatic hydroxyl groups is 1. The smallest absolute Gasteiger partial charge is 0.222 e. The molecule has 0 aliphatic carbocycles. The van der Waals surface area contributed by atoms with Gasteiger partial charge in [0.05, 0.1) is 6.10 Å². The van der Waals surface area contributed by atoms with E-state index in [-0.39, 0.29) is 5.91 Å². The van der Waals surface area contributed by atoms with Gasteiger partial charge in [0.25, 0.3) is 0 Å². The van der Waals surface area contributed by atoms with Gasteiger partial charge < -0.3 is 10.0 Å². The molecule has 1 unspecified atom stereocenters. The highest BCUT2D eigenvalue weighted by molar-refractivity contribution is 7.09. The molecule has 1 N–H and O–H groups in total. The van der Waals surface area contributed by atoms with E-state index in [0.29, 0.717) is 19.5 Å². The van der Waals surface area contributed by atoms with Gasteiger partial charge in [-0.15, -0.1) is 11.3 Å². The summed E-state index contributed by atoms with van der Waals surface area (Å²) in [7, 11) is 0. The number of carbonyl (C=O) groups excluding carboxylic acids is 1. The minimum atomic E-state index is -0.425. The highest BCUT2D eigenvalue weighted by atomic mass is 32.1. The molecule has 0 aromatic carbocycles. The van der Waals surface area contributed by atoms with Crippen molar-refractivity contribution >= 4 is 17.2 Å². The number of thiophene rings is 1. The van der Waals surface area contributed by atoms with E-state index in [2.05, 4.69) is 27.3 Å². The van der Waals surface area contributed by atoms with Crippen molar-refractivity contribution in [2.45, 2.75) is 25.5 Å². The van der Waals surface area contributed by atoms with Gasteiger partial charge in [-0.2, -0.15) is 0 Å². The lowest BCUT2D eigenvalue weighted by molar-refractivity contribution is -0.129. The van der Waals surface area contributed by atoms with Crippen LogP contribution in [-0.4, -0.2) is 77.6 Å². The standard InChI is InChI=1S/C16H25N3O2S/c20-14(12-19-5-1-4-16(19)21)11-17-6-8-18(9-7-17)13-15-3-2-10-22-15/h2-3,10,14,20H,1,4-9,11-13H2. The first-order chi connectivity index (χ1) is 10.7. The van der Waals surface area contributed by atoms with Crippen molar-refractivity contribution in [1.82, 2.24) is 14.7 Å². The molecule has 0 bridgehead atoms. The summed E-state index contributed by atoms with van der Waals surface area (Å²) >= 11 is 1.81. The Hall–Kier alpha value is -0.950. The van der Waals surface area contributed by atoms with Crippen LogP contribution in [0.25, 0.3) is 0 Å². The molecule has 5 nitrogen and oxygen atoms in total. The minimum Gasteiger partial charge on any atom is -0.390 e. The Morgan fingerprint density at radius 1 is 1.14 bits per heavy atom. The number of nitrogens with zero attached hydrogens (tertiary/aromatic N) is 3. The zero-order valence-corrected chi connectivity index (χ0v) is 13.8. The lowest BCUT2D eigenvalue weighted by Crippen LogP contribution is -2.49.